The maximum Gasteiger partial charge on any atom is 0.313 e. The van der Waals surface area contributed by atoms with Crippen LogP contribution in [0.15, 0.2) is 48.5 Å². The van der Waals surface area contributed by atoms with E-state index in [0.29, 0.717) is 31.5 Å². The van der Waals surface area contributed by atoms with Gasteiger partial charge in [-0.15, -0.1) is 0 Å². The van der Waals surface area contributed by atoms with E-state index in [1.165, 1.54) is 24.3 Å². The van der Waals surface area contributed by atoms with Gasteiger partial charge in [0.25, 0.3) is 0 Å². The number of nitro groups is 1. The normalized spacial score (nSPS) is 23.1. The molecule has 2 aromatic carbocycles. The number of hydrogen-bond donors (Lipinski definition) is 0. The molecule has 0 bridgehead atoms. The van der Waals surface area contributed by atoms with Gasteiger partial charge < -0.3 is 4.74 Å². The zero-order chi connectivity index (χ0) is 25.7. The highest BCUT2D eigenvalue weighted by molar-refractivity contribution is 5.78. The van der Waals surface area contributed by atoms with E-state index in [4.69, 9.17) is 4.74 Å². The van der Waals surface area contributed by atoms with Crippen LogP contribution in [0.4, 0.5) is 8.78 Å². The molecule has 1 unspecified atom stereocenters. The van der Waals surface area contributed by atoms with Gasteiger partial charge in [-0.25, -0.2) is 8.78 Å². The molecule has 3 atom stereocenters. The van der Waals surface area contributed by atoms with Gasteiger partial charge in [-0.2, -0.15) is 0 Å². The molecule has 1 saturated carbocycles. The minimum atomic E-state index is -1.06. The number of benzene rings is 2. The van der Waals surface area contributed by atoms with E-state index in [2.05, 4.69) is 4.90 Å². The van der Waals surface area contributed by atoms with Crippen molar-refractivity contribution in [1.82, 2.24) is 4.90 Å². The van der Waals surface area contributed by atoms with Crippen LogP contribution in [0, 0.1) is 27.2 Å². The molecule has 0 aromatic heterocycles. The summed E-state index contributed by atoms with van der Waals surface area (Å²) >= 11 is 0. The molecule has 0 amide bonds. The number of nitrogens with zero attached hydrogens (tertiary/aromatic N) is 2. The quantitative estimate of drug-likeness (QED) is 0.264. The molecule has 0 N–H and O–H groups in total. The fourth-order valence-corrected chi connectivity index (χ4v) is 6.31. The molecule has 2 aromatic rings. The lowest BCUT2D eigenvalue weighted by atomic mass is 9.65. The summed E-state index contributed by atoms with van der Waals surface area (Å²) in [5.41, 5.74) is 0.648. The van der Waals surface area contributed by atoms with Gasteiger partial charge in [0.1, 0.15) is 11.6 Å². The van der Waals surface area contributed by atoms with Crippen LogP contribution in [0.2, 0.25) is 0 Å². The number of esters is 1. The van der Waals surface area contributed by atoms with Gasteiger partial charge >= 0.3 is 5.97 Å². The summed E-state index contributed by atoms with van der Waals surface area (Å²) in [6, 6.07) is 12.7. The zero-order valence-corrected chi connectivity index (χ0v) is 20.7. The maximum atomic E-state index is 13.6. The van der Waals surface area contributed by atoms with Crippen LogP contribution in [-0.2, 0) is 9.53 Å². The summed E-state index contributed by atoms with van der Waals surface area (Å²) in [6.07, 6.45) is 5.12. The van der Waals surface area contributed by atoms with Gasteiger partial charge in [0, 0.05) is 11.0 Å². The zero-order valence-electron chi connectivity index (χ0n) is 20.7. The Labute approximate surface area is 210 Å². The lowest BCUT2D eigenvalue weighted by Crippen LogP contribution is -2.53. The summed E-state index contributed by atoms with van der Waals surface area (Å²) in [5.74, 6) is -1.53. The number of carbonyl (C=O) groups is 1. The number of likely N-dealkylation sites (tertiary alicyclic amines) is 1. The lowest BCUT2D eigenvalue weighted by molar-refractivity contribution is -0.486. The summed E-state index contributed by atoms with van der Waals surface area (Å²) in [7, 11) is 0. The predicted molar refractivity (Wildman–Crippen MR) is 132 cm³/mol. The molecule has 36 heavy (non-hydrogen) atoms. The van der Waals surface area contributed by atoms with Crippen LogP contribution >= 0.6 is 0 Å². The first-order valence-electron chi connectivity index (χ1n) is 12.9. The van der Waals surface area contributed by atoms with E-state index in [9.17, 15) is 23.7 Å². The smallest absolute Gasteiger partial charge is 0.313 e. The molecule has 2 aliphatic rings. The first-order chi connectivity index (χ1) is 17.3. The molecule has 1 saturated heterocycles. The van der Waals surface area contributed by atoms with E-state index in [-0.39, 0.29) is 24.4 Å². The summed E-state index contributed by atoms with van der Waals surface area (Å²) in [4.78, 5) is 27.1. The second-order valence-corrected chi connectivity index (χ2v) is 10.0. The third-order valence-electron chi connectivity index (χ3n) is 8.14. The van der Waals surface area contributed by atoms with Crippen molar-refractivity contribution in [1.29, 1.82) is 0 Å². The Morgan fingerprint density at radius 1 is 1.06 bits per heavy atom. The lowest BCUT2D eigenvalue weighted by Gasteiger charge is -2.48. The Hall–Kier alpha value is -2.87. The number of rotatable bonds is 8. The molecule has 6 nitrogen and oxygen atoms in total. The number of ether oxygens (including phenoxy) is 1. The first kappa shape index (κ1) is 26.2. The van der Waals surface area contributed by atoms with E-state index >= 15 is 0 Å². The number of halogens is 2. The Kier molecular flexibility index (Phi) is 8.34. The fraction of sp³-hybridized carbons (Fsp3) is 0.536. The molecule has 0 spiro atoms. The molecule has 8 heteroatoms. The summed E-state index contributed by atoms with van der Waals surface area (Å²) in [5, 5.41) is 11.7. The molecule has 1 heterocycles. The summed E-state index contributed by atoms with van der Waals surface area (Å²) in [6.45, 7) is 2.71. The monoisotopic (exact) mass is 500 g/mol. The van der Waals surface area contributed by atoms with Crippen LogP contribution in [-0.4, -0.2) is 48.1 Å². The van der Waals surface area contributed by atoms with Crippen LogP contribution < -0.4 is 0 Å². The second-order valence-electron chi connectivity index (χ2n) is 10.0. The minimum Gasteiger partial charge on any atom is -0.466 e. The van der Waals surface area contributed by atoms with Crippen LogP contribution in [0.3, 0.4) is 0 Å². The largest absolute Gasteiger partial charge is 0.466 e. The van der Waals surface area contributed by atoms with Crippen LogP contribution in [0.25, 0.3) is 0 Å². The molecule has 4 rings (SSSR count). The summed E-state index contributed by atoms with van der Waals surface area (Å²) < 4.78 is 32.7. The molecular weight excluding hydrogens is 466 g/mol. The number of hydrogen-bond acceptors (Lipinski definition) is 5. The van der Waals surface area contributed by atoms with Crippen molar-refractivity contribution >= 4 is 5.97 Å². The van der Waals surface area contributed by atoms with Gasteiger partial charge in [-0.3, -0.25) is 19.8 Å². The van der Waals surface area contributed by atoms with Crippen molar-refractivity contribution in [2.75, 3.05) is 26.2 Å². The van der Waals surface area contributed by atoms with Gasteiger partial charge in [0.05, 0.1) is 17.9 Å². The predicted octanol–water partition coefficient (Wildman–Crippen LogP) is 5.70. The van der Waals surface area contributed by atoms with E-state index in [1.807, 2.05) is 12.1 Å². The molecule has 2 fully saturated rings. The van der Waals surface area contributed by atoms with Gasteiger partial charge in [-0.1, -0.05) is 37.1 Å². The van der Waals surface area contributed by atoms with Gasteiger partial charge in [0.15, 0.2) is 0 Å². The average Bonchev–Trinajstić information content (AvgIpc) is 2.88. The molecular formula is C28H34F2N2O4. The highest BCUT2D eigenvalue weighted by Gasteiger charge is 2.52. The highest BCUT2D eigenvalue weighted by atomic mass is 19.1. The Morgan fingerprint density at radius 3 is 2.22 bits per heavy atom. The molecule has 1 aliphatic heterocycles. The highest BCUT2D eigenvalue weighted by Crippen LogP contribution is 2.48. The van der Waals surface area contributed by atoms with E-state index < -0.39 is 34.6 Å². The van der Waals surface area contributed by atoms with Crippen molar-refractivity contribution < 1.29 is 23.2 Å². The second kappa shape index (κ2) is 11.5. The number of carbonyl (C=O) groups excluding carboxylic acids is 1. The Bertz CT molecular complexity index is 1040. The van der Waals surface area contributed by atoms with E-state index in [0.717, 1.165) is 31.2 Å². The number of piperidine rings is 1. The van der Waals surface area contributed by atoms with Crippen molar-refractivity contribution in [2.45, 2.75) is 63.3 Å². The van der Waals surface area contributed by atoms with Crippen molar-refractivity contribution in [3.8, 4) is 0 Å². The van der Waals surface area contributed by atoms with Crippen molar-refractivity contribution in [2.24, 2.45) is 5.41 Å². The van der Waals surface area contributed by atoms with Gasteiger partial charge in [0.2, 0.25) is 6.54 Å². The molecule has 0 radical (unpaired) electrons. The minimum absolute atomic E-state index is 0.189. The molecule has 194 valence electrons. The van der Waals surface area contributed by atoms with Crippen LogP contribution in [0.5, 0.6) is 0 Å². The van der Waals surface area contributed by atoms with Crippen molar-refractivity contribution in [3.05, 3.63) is 81.4 Å². The average molecular weight is 501 g/mol. The standard InChI is InChI=1S/C28H34F2N2O4/c1-2-36-27(33)28(25(19-32(34)35)21-9-13-23(30)14-10-21)15-17-31(18-16-28)26-6-4-3-5-24(26)20-7-11-22(29)12-8-20/h7-14,24-26H,2-6,15-19H2,1H3/t24-,25?,26-/m1/s1. The maximum absolute atomic E-state index is 13.6. The Morgan fingerprint density at radius 2 is 1.64 bits per heavy atom. The van der Waals surface area contributed by atoms with Gasteiger partial charge in [-0.05, 0) is 87.0 Å². The van der Waals surface area contributed by atoms with E-state index in [1.54, 1.807) is 19.1 Å². The Balaban J connectivity index is 1.61. The fourth-order valence-electron chi connectivity index (χ4n) is 6.31. The SMILES string of the molecule is CCOC(=O)C1(C(C[N+](=O)[O-])c2ccc(F)cc2)CCN([C@@H]2CCCC[C@@H]2c2ccc(F)cc2)CC1. The first-order valence-corrected chi connectivity index (χ1v) is 12.9. The van der Waals surface area contributed by atoms with Crippen LogP contribution in [0.1, 0.15) is 68.4 Å². The third kappa shape index (κ3) is 5.59. The third-order valence-corrected chi connectivity index (χ3v) is 8.14. The van der Waals surface area contributed by atoms with Crippen molar-refractivity contribution in [3.63, 3.8) is 0 Å². The topological polar surface area (TPSA) is 72.7 Å². The molecule has 1 aliphatic carbocycles.